The van der Waals surface area contributed by atoms with Crippen molar-refractivity contribution in [3.8, 4) is 5.75 Å². The van der Waals surface area contributed by atoms with Crippen LogP contribution in [0.4, 0.5) is 0 Å². The highest BCUT2D eigenvalue weighted by Gasteiger charge is 2.10. The minimum atomic E-state index is 0.276. The molecule has 2 N–H and O–H groups in total. The Kier molecular flexibility index (Phi) is 4.18. The Morgan fingerprint density at radius 2 is 1.90 bits per heavy atom. The number of nitrogens with one attached hydrogen (secondary N) is 1. The molecule has 4 heteroatoms. The Labute approximate surface area is 128 Å². The van der Waals surface area contributed by atoms with Gasteiger partial charge in [0.25, 0.3) is 0 Å². The van der Waals surface area contributed by atoms with Gasteiger partial charge in [-0.1, -0.05) is 31.2 Å². The fraction of sp³-hybridized carbons (Fsp3) is 0.235. The fourth-order valence-corrected chi connectivity index (χ4v) is 3.33. The Balaban J connectivity index is 1.71. The van der Waals surface area contributed by atoms with Crippen LogP contribution in [-0.4, -0.2) is 10.1 Å². The second-order valence-electron chi connectivity index (χ2n) is 5.01. The molecule has 1 aromatic heterocycles. The predicted molar refractivity (Wildman–Crippen MR) is 87.6 cm³/mol. The van der Waals surface area contributed by atoms with Crippen molar-refractivity contribution in [3.63, 3.8) is 0 Å². The van der Waals surface area contributed by atoms with Crippen molar-refractivity contribution < 1.29 is 5.11 Å². The van der Waals surface area contributed by atoms with E-state index in [9.17, 15) is 5.11 Å². The molecule has 3 rings (SSSR count). The molecule has 0 aliphatic carbocycles. The minimum absolute atomic E-state index is 0.276. The summed E-state index contributed by atoms with van der Waals surface area (Å²) >= 11 is 1.73. The van der Waals surface area contributed by atoms with E-state index < -0.39 is 0 Å². The Bertz CT molecular complexity index is 688. The lowest BCUT2D eigenvalue weighted by atomic mass is 10.0. The molecule has 21 heavy (non-hydrogen) atoms. The number of aromatic nitrogens is 1. The molecule has 0 aliphatic rings. The number of rotatable bonds is 5. The fourth-order valence-electron chi connectivity index (χ4n) is 2.41. The Morgan fingerprint density at radius 3 is 2.62 bits per heavy atom. The second kappa shape index (κ2) is 6.24. The van der Waals surface area contributed by atoms with Crippen molar-refractivity contribution in [1.82, 2.24) is 10.3 Å². The zero-order valence-corrected chi connectivity index (χ0v) is 12.7. The zero-order chi connectivity index (χ0) is 14.7. The molecule has 0 bridgehead atoms. The Hall–Kier alpha value is -1.91. The topological polar surface area (TPSA) is 45.2 Å². The molecule has 0 fully saturated rings. The second-order valence-corrected chi connectivity index (χ2v) is 6.12. The molecular weight excluding hydrogens is 280 g/mol. The van der Waals surface area contributed by atoms with E-state index in [2.05, 4.69) is 23.3 Å². The molecule has 0 spiro atoms. The van der Waals surface area contributed by atoms with Crippen LogP contribution < -0.4 is 5.32 Å². The summed E-state index contributed by atoms with van der Waals surface area (Å²) in [6, 6.07) is 15.9. The van der Waals surface area contributed by atoms with Crippen molar-refractivity contribution in [2.24, 2.45) is 0 Å². The summed E-state index contributed by atoms with van der Waals surface area (Å²) in [4.78, 5) is 4.64. The largest absolute Gasteiger partial charge is 0.508 e. The molecule has 0 saturated carbocycles. The van der Waals surface area contributed by atoms with Gasteiger partial charge >= 0.3 is 0 Å². The molecule has 0 amide bonds. The van der Waals surface area contributed by atoms with Crippen LogP contribution in [0.1, 0.15) is 30.0 Å². The third kappa shape index (κ3) is 3.23. The first-order chi connectivity index (χ1) is 10.3. The van der Waals surface area contributed by atoms with Crippen molar-refractivity contribution in [2.75, 3.05) is 0 Å². The number of phenols is 1. The third-order valence-electron chi connectivity index (χ3n) is 3.54. The highest BCUT2D eigenvalue weighted by molar-refractivity contribution is 7.18. The average molecular weight is 298 g/mol. The number of aromatic hydroxyl groups is 1. The van der Waals surface area contributed by atoms with Crippen molar-refractivity contribution in [2.45, 2.75) is 25.9 Å². The van der Waals surface area contributed by atoms with E-state index in [0.717, 1.165) is 23.5 Å². The normalized spacial score (nSPS) is 12.6. The molecule has 1 atom stereocenters. The Morgan fingerprint density at radius 1 is 1.14 bits per heavy atom. The molecule has 1 heterocycles. The van der Waals surface area contributed by atoms with E-state index in [0.29, 0.717) is 5.75 Å². The van der Waals surface area contributed by atoms with E-state index in [1.807, 2.05) is 30.3 Å². The highest BCUT2D eigenvalue weighted by Crippen LogP contribution is 2.23. The molecule has 1 unspecified atom stereocenters. The monoisotopic (exact) mass is 298 g/mol. The SMILES string of the molecule is CCC(NCc1nc2ccccc2s1)c1ccc(O)cc1. The number of thiazole rings is 1. The molecule has 0 saturated heterocycles. The van der Waals surface area contributed by atoms with E-state index in [1.165, 1.54) is 10.3 Å². The summed E-state index contributed by atoms with van der Waals surface area (Å²) in [5.41, 5.74) is 2.26. The zero-order valence-electron chi connectivity index (χ0n) is 11.9. The number of hydrogen-bond donors (Lipinski definition) is 2. The highest BCUT2D eigenvalue weighted by atomic mass is 32.1. The lowest BCUT2D eigenvalue weighted by Crippen LogP contribution is -2.20. The molecular formula is C17H18N2OS. The summed E-state index contributed by atoms with van der Waals surface area (Å²) < 4.78 is 1.23. The molecule has 108 valence electrons. The van der Waals surface area contributed by atoms with E-state index in [4.69, 9.17) is 0 Å². The quantitative estimate of drug-likeness (QED) is 0.740. The third-order valence-corrected chi connectivity index (χ3v) is 4.58. The number of para-hydroxylation sites is 1. The van der Waals surface area contributed by atoms with Crippen LogP contribution in [0.3, 0.4) is 0 Å². The first-order valence-corrected chi connectivity index (χ1v) is 7.94. The number of phenolic OH excluding ortho intramolecular Hbond substituents is 1. The van der Waals surface area contributed by atoms with Gasteiger partial charge in [0.1, 0.15) is 10.8 Å². The summed E-state index contributed by atoms with van der Waals surface area (Å²) in [5, 5.41) is 14.0. The predicted octanol–water partition coefficient (Wildman–Crippen LogP) is 4.24. The van der Waals surface area contributed by atoms with Crippen LogP contribution in [0.15, 0.2) is 48.5 Å². The van der Waals surface area contributed by atoms with Crippen LogP contribution in [-0.2, 0) is 6.54 Å². The van der Waals surface area contributed by atoms with Gasteiger partial charge in [-0.05, 0) is 36.2 Å². The maximum Gasteiger partial charge on any atom is 0.115 e. The van der Waals surface area contributed by atoms with Crippen molar-refractivity contribution >= 4 is 21.6 Å². The van der Waals surface area contributed by atoms with Crippen molar-refractivity contribution in [1.29, 1.82) is 0 Å². The van der Waals surface area contributed by atoms with Gasteiger partial charge in [-0.15, -0.1) is 11.3 Å². The van der Waals surface area contributed by atoms with E-state index in [-0.39, 0.29) is 6.04 Å². The summed E-state index contributed by atoms with van der Waals surface area (Å²) in [5.74, 6) is 0.305. The smallest absolute Gasteiger partial charge is 0.115 e. The maximum absolute atomic E-state index is 9.37. The minimum Gasteiger partial charge on any atom is -0.508 e. The van der Waals surface area contributed by atoms with Crippen LogP contribution in [0.25, 0.3) is 10.2 Å². The average Bonchev–Trinajstić information content (AvgIpc) is 2.92. The molecule has 3 nitrogen and oxygen atoms in total. The summed E-state index contributed by atoms with van der Waals surface area (Å²) in [6.45, 7) is 2.92. The molecule has 0 radical (unpaired) electrons. The van der Waals surface area contributed by atoms with Gasteiger partial charge in [-0.3, -0.25) is 0 Å². The number of hydrogen-bond acceptors (Lipinski definition) is 4. The van der Waals surface area contributed by atoms with Gasteiger partial charge in [0, 0.05) is 12.6 Å². The van der Waals surface area contributed by atoms with Crippen LogP contribution in [0.2, 0.25) is 0 Å². The maximum atomic E-state index is 9.37. The van der Waals surface area contributed by atoms with Crippen LogP contribution in [0, 0.1) is 0 Å². The first-order valence-electron chi connectivity index (χ1n) is 7.13. The lowest BCUT2D eigenvalue weighted by molar-refractivity contribution is 0.473. The first kappa shape index (κ1) is 14.0. The molecule has 3 aromatic rings. The van der Waals surface area contributed by atoms with Gasteiger partial charge in [0.15, 0.2) is 0 Å². The standard InChI is InChI=1S/C17H18N2OS/c1-2-14(12-7-9-13(20)10-8-12)18-11-17-19-15-5-3-4-6-16(15)21-17/h3-10,14,18,20H,2,11H2,1H3. The molecule has 0 aliphatic heterocycles. The number of benzene rings is 2. The summed E-state index contributed by atoms with van der Waals surface area (Å²) in [7, 11) is 0. The van der Waals surface area contributed by atoms with Gasteiger partial charge in [0.2, 0.25) is 0 Å². The van der Waals surface area contributed by atoms with Crippen LogP contribution in [0.5, 0.6) is 5.75 Å². The van der Waals surface area contributed by atoms with Gasteiger partial charge < -0.3 is 10.4 Å². The van der Waals surface area contributed by atoms with Gasteiger partial charge in [-0.2, -0.15) is 0 Å². The van der Waals surface area contributed by atoms with Gasteiger partial charge in [0.05, 0.1) is 10.2 Å². The summed E-state index contributed by atoms with van der Waals surface area (Å²) in [6.07, 6.45) is 0.996. The van der Waals surface area contributed by atoms with Crippen LogP contribution >= 0.6 is 11.3 Å². The van der Waals surface area contributed by atoms with Gasteiger partial charge in [-0.25, -0.2) is 4.98 Å². The number of fused-ring (bicyclic) bond motifs is 1. The van der Waals surface area contributed by atoms with E-state index in [1.54, 1.807) is 23.5 Å². The number of nitrogens with zero attached hydrogens (tertiary/aromatic N) is 1. The lowest BCUT2D eigenvalue weighted by Gasteiger charge is -2.16. The van der Waals surface area contributed by atoms with E-state index >= 15 is 0 Å². The molecule has 2 aromatic carbocycles. The van der Waals surface area contributed by atoms with Crippen molar-refractivity contribution in [3.05, 3.63) is 59.1 Å².